The molecule has 0 heterocycles. The summed E-state index contributed by atoms with van der Waals surface area (Å²) in [4.78, 5) is 12.8. The minimum absolute atomic E-state index is 0.0586. The highest BCUT2D eigenvalue weighted by Crippen LogP contribution is 2.35. The van der Waals surface area contributed by atoms with Crippen LogP contribution >= 0.6 is 0 Å². The van der Waals surface area contributed by atoms with Crippen LogP contribution < -0.4 is 4.74 Å². The van der Waals surface area contributed by atoms with E-state index in [1.807, 2.05) is 54.6 Å². The van der Waals surface area contributed by atoms with E-state index in [1.165, 1.54) is 0 Å². The fourth-order valence-corrected chi connectivity index (χ4v) is 3.45. The Morgan fingerprint density at radius 2 is 1.84 bits per heavy atom. The molecule has 0 bridgehead atoms. The molecule has 3 heteroatoms. The van der Waals surface area contributed by atoms with Gasteiger partial charge in [-0.25, -0.2) is 0 Å². The van der Waals surface area contributed by atoms with E-state index in [4.69, 9.17) is 4.74 Å². The van der Waals surface area contributed by atoms with Crippen molar-refractivity contribution in [2.75, 3.05) is 7.11 Å². The Hall–Kier alpha value is -3.07. The Balaban J connectivity index is 1.64. The number of hydrogen-bond donors (Lipinski definition) is 1. The Kier molecular flexibility index (Phi) is 3.77. The number of carbonyl (C=O) groups is 1. The number of benzene rings is 3. The maximum absolute atomic E-state index is 12.8. The third-order valence-corrected chi connectivity index (χ3v) is 4.69. The molecule has 0 saturated carbocycles. The molecule has 0 aliphatic heterocycles. The molecule has 0 amide bonds. The van der Waals surface area contributed by atoms with Crippen molar-refractivity contribution in [2.24, 2.45) is 0 Å². The Labute approximate surface area is 146 Å². The average Bonchev–Trinajstić information content (AvgIpc) is 2.96. The van der Waals surface area contributed by atoms with Crippen LogP contribution in [0.25, 0.3) is 16.3 Å². The zero-order valence-electron chi connectivity index (χ0n) is 14.0. The van der Waals surface area contributed by atoms with Crippen LogP contribution in [0.2, 0.25) is 0 Å². The average molecular weight is 330 g/mol. The van der Waals surface area contributed by atoms with E-state index in [1.54, 1.807) is 7.11 Å². The maximum Gasteiger partial charge on any atom is 0.171 e. The largest absolute Gasteiger partial charge is 0.511 e. The van der Waals surface area contributed by atoms with E-state index in [0.29, 0.717) is 12.0 Å². The first-order chi connectivity index (χ1) is 12.2. The van der Waals surface area contributed by atoms with Crippen LogP contribution in [0, 0.1) is 0 Å². The van der Waals surface area contributed by atoms with Gasteiger partial charge in [0.25, 0.3) is 0 Å². The first-order valence-corrected chi connectivity index (χ1v) is 8.26. The molecule has 1 aliphatic carbocycles. The van der Waals surface area contributed by atoms with Crippen molar-refractivity contribution in [3.8, 4) is 5.75 Å². The molecule has 3 aromatic carbocycles. The second-order valence-electron chi connectivity index (χ2n) is 6.30. The van der Waals surface area contributed by atoms with E-state index >= 15 is 0 Å². The Morgan fingerprint density at radius 1 is 1.04 bits per heavy atom. The number of hydrogen-bond acceptors (Lipinski definition) is 3. The molecule has 0 atom stereocenters. The summed E-state index contributed by atoms with van der Waals surface area (Å²) in [6.07, 6.45) is 0.654. The molecule has 0 saturated heterocycles. The lowest BCUT2D eigenvalue weighted by Crippen LogP contribution is -2.06. The summed E-state index contributed by atoms with van der Waals surface area (Å²) in [5, 5.41) is 12.6. The van der Waals surface area contributed by atoms with E-state index in [0.717, 1.165) is 33.2 Å². The summed E-state index contributed by atoms with van der Waals surface area (Å²) in [5.74, 6) is 0.820. The molecule has 3 aromatic rings. The number of ketones is 1. The fraction of sp³-hybridized carbons (Fsp3) is 0.136. The summed E-state index contributed by atoms with van der Waals surface area (Å²) in [5.41, 5.74) is 3.12. The molecular formula is C22H18O3. The molecular weight excluding hydrogens is 312 g/mol. The summed E-state index contributed by atoms with van der Waals surface area (Å²) in [6, 6.07) is 19.7. The van der Waals surface area contributed by atoms with Gasteiger partial charge in [-0.15, -0.1) is 0 Å². The molecule has 0 radical (unpaired) electrons. The van der Waals surface area contributed by atoms with Crippen molar-refractivity contribution < 1.29 is 14.6 Å². The van der Waals surface area contributed by atoms with Gasteiger partial charge in [0.05, 0.1) is 12.7 Å². The third kappa shape index (κ3) is 2.78. The highest BCUT2D eigenvalue weighted by molar-refractivity contribution is 6.23. The summed E-state index contributed by atoms with van der Waals surface area (Å²) in [6.45, 7) is 0. The quantitative estimate of drug-likeness (QED) is 0.767. The smallest absolute Gasteiger partial charge is 0.171 e. The topological polar surface area (TPSA) is 46.5 Å². The number of allylic oxidation sites excluding steroid dienone is 2. The van der Waals surface area contributed by atoms with Gasteiger partial charge in [0.15, 0.2) is 5.78 Å². The lowest BCUT2D eigenvalue weighted by Gasteiger charge is -2.08. The second kappa shape index (κ2) is 6.10. The van der Waals surface area contributed by atoms with Gasteiger partial charge in [0.2, 0.25) is 0 Å². The van der Waals surface area contributed by atoms with Crippen molar-refractivity contribution in [3.63, 3.8) is 0 Å². The van der Waals surface area contributed by atoms with Crippen molar-refractivity contribution in [3.05, 3.63) is 83.1 Å². The van der Waals surface area contributed by atoms with Crippen molar-refractivity contribution in [2.45, 2.75) is 12.8 Å². The van der Waals surface area contributed by atoms with E-state index in [-0.39, 0.29) is 18.0 Å². The highest BCUT2D eigenvalue weighted by atomic mass is 16.5. The number of ether oxygens (including phenoxy) is 1. The molecule has 0 fully saturated rings. The molecule has 1 N–H and O–H groups in total. The number of aliphatic hydroxyl groups excluding tert-OH is 1. The number of rotatable bonds is 4. The number of aliphatic hydroxyl groups is 1. The third-order valence-electron chi connectivity index (χ3n) is 4.69. The fourth-order valence-electron chi connectivity index (χ4n) is 3.45. The highest BCUT2D eigenvalue weighted by Gasteiger charge is 2.27. The zero-order chi connectivity index (χ0) is 17.4. The van der Waals surface area contributed by atoms with Gasteiger partial charge >= 0.3 is 0 Å². The first kappa shape index (κ1) is 15.5. The van der Waals surface area contributed by atoms with Crippen LogP contribution in [0.5, 0.6) is 5.75 Å². The predicted molar refractivity (Wildman–Crippen MR) is 98.9 cm³/mol. The monoisotopic (exact) mass is 330 g/mol. The SMILES string of the molecule is COc1ccc2c(c1)CC(O)=C2C(=O)Cc1ccc2ccccc2c1. The van der Waals surface area contributed by atoms with Crippen LogP contribution in [0.1, 0.15) is 16.7 Å². The van der Waals surface area contributed by atoms with Gasteiger partial charge in [0.1, 0.15) is 11.5 Å². The molecule has 0 unspecified atom stereocenters. The van der Waals surface area contributed by atoms with Crippen LogP contribution in [0.15, 0.2) is 66.4 Å². The molecule has 0 spiro atoms. The van der Waals surface area contributed by atoms with E-state index in [9.17, 15) is 9.90 Å². The van der Waals surface area contributed by atoms with Crippen LogP contribution in [0.4, 0.5) is 0 Å². The summed E-state index contributed by atoms with van der Waals surface area (Å²) in [7, 11) is 1.61. The molecule has 4 rings (SSSR count). The molecule has 25 heavy (non-hydrogen) atoms. The second-order valence-corrected chi connectivity index (χ2v) is 6.30. The lowest BCUT2D eigenvalue weighted by atomic mass is 9.96. The lowest BCUT2D eigenvalue weighted by molar-refractivity contribution is -0.113. The number of Topliss-reactive ketones (excluding diaryl/α,β-unsaturated/α-hetero) is 1. The van der Waals surface area contributed by atoms with Crippen LogP contribution in [0.3, 0.4) is 0 Å². The van der Waals surface area contributed by atoms with E-state index < -0.39 is 0 Å². The summed E-state index contributed by atoms with van der Waals surface area (Å²) >= 11 is 0. The number of fused-ring (bicyclic) bond motifs is 2. The zero-order valence-corrected chi connectivity index (χ0v) is 14.0. The first-order valence-electron chi connectivity index (χ1n) is 8.26. The van der Waals surface area contributed by atoms with Gasteiger partial charge in [-0.3, -0.25) is 4.79 Å². The number of methoxy groups -OCH3 is 1. The predicted octanol–water partition coefficient (Wildman–Crippen LogP) is 4.49. The Morgan fingerprint density at radius 3 is 2.64 bits per heavy atom. The minimum Gasteiger partial charge on any atom is -0.511 e. The molecule has 124 valence electrons. The standard InChI is InChI=1S/C22H18O3/c1-25-18-8-9-19-17(12-18)13-21(24)22(19)20(23)11-14-6-7-15-4-2-3-5-16(15)10-14/h2-10,12,24H,11,13H2,1H3. The van der Waals surface area contributed by atoms with Gasteiger partial charge < -0.3 is 9.84 Å². The van der Waals surface area contributed by atoms with Crippen molar-refractivity contribution in [1.29, 1.82) is 0 Å². The van der Waals surface area contributed by atoms with Crippen LogP contribution in [-0.4, -0.2) is 18.0 Å². The maximum atomic E-state index is 12.8. The summed E-state index contributed by atoms with van der Waals surface area (Å²) < 4.78 is 5.22. The minimum atomic E-state index is -0.0586. The van der Waals surface area contributed by atoms with Gasteiger partial charge in [-0.2, -0.15) is 0 Å². The number of carbonyl (C=O) groups excluding carboxylic acids is 1. The van der Waals surface area contributed by atoms with Crippen molar-refractivity contribution in [1.82, 2.24) is 0 Å². The van der Waals surface area contributed by atoms with Gasteiger partial charge in [0, 0.05) is 12.8 Å². The molecule has 3 nitrogen and oxygen atoms in total. The van der Waals surface area contributed by atoms with Gasteiger partial charge in [-0.05, 0) is 39.6 Å². The molecule has 1 aliphatic rings. The molecule has 0 aromatic heterocycles. The van der Waals surface area contributed by atoms with Gasteiger partial charge in [-0.1, -0.05) is 48.5 Å². The normalized spacial score (nSPS) is 13.2. The van der Waals surface area contributed by atoms with E-state index in [2.05, 4.69) is 6.07 Å². The van der Waals surface area contributed by atoms with Crippen molar-refractivity contribution >= 4 is 22.1 Å². The van der Waals surface area contributed by atoms with Crippen LogP contribution in [-0.2, 0) is 17.6 Å². The Bertz CT molecular complexity index is 1010.